The first-order chi connectivity index (χ1) is 15.3. The van der Waals surface area contributed by atoms with Crippen molar-refractivity contribution in [3.05, 3.63) is 22.8 Å². The fourth-order valence-corrected chi connectivity index (χ4v) is 8.48. The van der Waals surface area contributed by atoms with Crippen molar-refractivity contribution in [1.29, 1.82) is 0 Å². The van der Waals surface area contributed by atoms with E-state index in [0.717, 1.165) is 10.7 Å². The molecule has 184 valence electrons. The van der Waals surface area contributed by atoms with E-state index >= 15 is 0 Å². The van der Waals surface area contributed by atoms with Crippen molar-refractivity contribution in [3.63, 3.8) is 0 Å². The third kappa shape index (κ3) is 6.87. The standard InChI is InChI=1S/C20H21F2I3O7S/c21-20(22,33(28,29)30)9-31-18(26)12-3-1-11-6-13(4-2-10(11)5-12)19(27)32-17-15(24)7-14(23)8-16(17)25/h7-8,10-13H,1-6,9H2,(H,28,29,30)/p-1. The van der Waals surface area contributed by atoms with E-state index in [1.807, 2.05) is 12.1 Å². The topological polar surface area (TPSA) is 110 Å². The Morgan fingerprint density at radius 1 is 0.970 bits per heavy atom. The summed E-state index contributed by atoms with van der Waals surface area (Å²) < 4.78 is 71.1. The molecule has 7 nitrogen and oxygen atoms in total. The van der Waals surface area contributed by atoms with Gasteiger partial charge >= 0.3 is 17.2 Å². The quantitative estimate of drug-likeness (QED) is 0.174. The second-order valence-electron chi connectivity index (χ2n) is 8.36. The molecule has 0 heterocycles. The van der Waals surface area contributed by atoms with E-state index in [2.05, 4.69) is 72.5 Å². The molecule has 4 atom stereocenters. The summed E-state index contributed by atoms with van der Waals surface area (Å²) in [6, 6.07) is 3.87. The average molecular weight is 823 g/mol. The minimum Gasteiger partial charge on any atom is -0.743 e. The van der Waals surface area contributed by atoms with Crippen molar-refractivity contribution in [2.24, 2.45) is 23.7 Å². The number of carbonyl (C=O) groups excluding carboxylic acids is 2. The molecular formula is C20H20F2I3O7S-. The van der Waals surface area contributed by atoms with Crippen LogP contribution in [-0.4, -0.2) is 36.8 Å². The lowest BCUT2D eigenvalue weighted by molar-refractivity contribution is -0.157. The summed E-state index contributed by atoms with van der Waals surface area (Å²) in [6.07, 6.45) is 3.38. The van der Waals surface area contributed by atoms with E-state index in [9.17, 15) is 31.3 Å². The average Bonchev–Trinajstić information content (AvgIpc) is 2.72. The highest BCUT2D eigenvalue weighted by atomic mass is 127. The van der Waals surface area contributed by atoms with Crippen molar-refractivity contribution in [1.82, 2.24) is 0 Å². The number of ether oxygens (including phenoxy) is 2. The van der Waals surface area contributed by atoms with Gasteiger partial charge in [0, 0.05) is 3.57 Å². The lowest BCUT2D eigenvalue weighted by Gasteiger charge is -2.40. The number of fused-ring (bicyclic) bond motifs is 1. The van der Waals surface area contributed by atoms with Crippen LogP contribution in [0.5, 0.6) is 5.75 Å². The van der Waals surface area contributed by atoms with E-state index in [1.54, 1.807) is 0 Å². The Bertz CT molecular complexity index is 1010. The Balaban J connectivity index is 1.53. The summed E-state index contributed by atoms with van der Waals surface area (Å²) in [5.74, 6) is -1.15. The monoisotopic (exact) mass is 823 g/mol. The van der Waals surface area contributed by atoms with Gasteiger partial charge in [0.1, 0.15) is 0 Å². The van der Waals surface area contributed by atoms with E-state index in [1.165, 1.54) is 0 Å². The molecule has 33 heavy (non-hydrogen) atoms. The van der Waals surface area contributed by atoms with Crippen LogP contribution in [0.2, 0.25) is 0 Å². The maximum absolute atomic E-state index is 13.2. The number of esters is 2. The van der Waals surface area contributed by atoms with Crippen LogP contribution in [0.4, 0.5) is 8.78 Å². The van der Waals surface area contributed by atoms with Crippen LogP contribution in [0.3, 0.4) is 0 Å². The Morgan fingerprint density at radius 3 is 1.94 bits per heavy atom. The van der Waals surface area contributed by atoms with Crippen molar-refractivity contribution < 1.29 is 40.8 Å². The van der Waals surface area contributed by atoms with Crippen molar-refractivity contribution in [2.75, 3.05) is 6.61 Å². The molecule has 2 aliphatic rings. The minimum atomic E-state index is -5.90. The number of hydrogen-bond acceptors (Lipinski definition) is 7. The molecule has 0 spiro atoms. The van der Waals surface area contributed by atoms with Crippen molar-refractivity contribution in [2.45, 2.75) is 43.8 Å². The highest BCUT2D eigenvalue weighted by Crippen LogP contribution is 2.45. The first kappa shape index (κ1) is 27.7. The normalized spacial score (nSPS) is 25.8. The highest BCUT2D eigenvalue weighted by molar-refractivity contribution is 14.1. The van der Waals surface area contributed by atoms with E-state index in [-0.39, 0.29) is 23.7 Å². The first-order valence-electron chi connectivity index (χ1n) is 10.1. The van der Waals surface area contributed by atoms with E-state index < -0.39 is 33.9 Å². The van der Waals surface area contributed by atoms with Crippen LogP contribution < -0.4 is 4.74 Å². The van der Waals surface area contributed by atoms with Crippen molar-refractivity contribution in [3.8, 4) is 5.75 Å². The number of hydrogen-bond donors (Lipinski definition) is 0. The summed E-state index contributed by atoms with van der Waals surface area (Å²) in [5, 5.41) is -4.65. The van der Waals surface area contributed by atoms with Gasteiger partial charge in [-0.15, -0.1) is 0 Å². The summed E-state index contributed by atoms with van der Waals surface area (Å²) in [5.41, 5.74) is 0. The molecular weight excluding hydrogens is 803 g/mol. The van der Waals surface area contributed by atoms with Crippen molar-refractivity contribution >= 4 is 89.8 Å². The van der Waals surface area contributed by atoms with Gasteiger partial charge < -0.3 is 14.0 Å². The van der Waals surface area contributed by atoms with Gasteiger partial charge in [0.2, 0.25) is 0 Å². The zero-order chi connectivity index (χ0) is 24.6. The zero-order valence-electron chi connectivity index (χ0n) is 17.1. The van der Waals surface area contributed by atoms with Gasteiger partial charge in [0.05, 0.1) is 19.0 Å². The molecule has 2 aliphatic carbocycles. The molecule has 0 saturated heterocycles. The second-order valence-corrected chi connectivity index (χ2v) is 13.4. The van der Waals surface area contributed by atoms with E-state index in [4.69, 9.17) is 4.74 Å². The van der Waals surface area contributed by atoms with Gasteiger partial charge in [-0.05, 0) is 130 Å². The Labute approximate surface area is 231 Å². The van der Waals surface area contributed by atoms with Crippen LogP contribution in [0.1, 0.15) is 38.5 Å². The summed E-state index contributed by atoms with van der Waals surface area (Å²) in [4.78, 5) is 25.0. The molecule has 1 aromatic rings. The summed E-state index contributed by atoms with van der Waals surface area (Å²) in [7, 11) is -5.90. The Morgan fingerprint density at radius 2 is 1.45 bits per heavy atom. The molecule has 2 fully saturated rings. The van der Waals surface area contributed by atoms with Crippen LogP contribution in [-0.2, 0) is 24.4 Å². The molecule has 3 rings (SSSR count). The molecule has 0 amide bonds. The number of benzene rings is 1. The highest BCUT2D eigenvalue weighted by Gasteiger charge is 2.43. The molecule has 0 aliphatic heterocycles. The number of halogens is 5. The first-order valence-corrected chi connectivity index (χ1v) is 14.8. The van der Waals surface area contributed by atoms with Gasteiger partial charge in [-0.3, -0.25) is 9.59 Å². The van der Waals surface area contributed by atoms with Gasteiger partial charge in [-0.25, -0.2) is 8.42 Å². The fourth-order valence-electron chi connectivity index (χ4n) is 4.47. The van der Waals surface area contributed by atoms with E-state index in [0.29, 0.717) is 44.3 Å². The number of rotatable bonds is 6. The molecule has 0 radical (unpaired) electrons. The predicted molar refractivity (Wildman–Crippen MR) is 137 cm³/mol. The molecule has 0 N–H and O–H groups in total. The molecule has 4 unspecified atom stereocenters. The third-order valence-electron chi connectivity index (χ3n) is 6.19. The molecule has 13 heteroatoms. The SMILES string of the molecule is O=C(OCC(F)(F)S(=O)(=O)[O-])C1CCC2CC(C(=O)Oc3c(I)cc(I)cc3I)CCC2C1. The lowest BCUT2D eigenvalue weighted by atomic mass is 9.65. The van der Waals surface area contributed by atoms with Gasteiger partial charge in [-0.2, -0.15) is 8.78 Å². The Kier molecular flexibility index (Phi) is 9.25. The Hall–Kier alpha value is 0.120. The predicted octanol–water partition coefficient (Wildman–Crippen LogP) is 4.92. The number of carbonyl (C=O) groups is 2. The van der Waals surface area contributed by atoms with Gasteiger partial charge in [-0.1, -0.05) is 0 Å². The lowest BCUT2D eigenvalue weighted by Crippen LogP contribution is -2.39. The summed E-state index contributed by atoms with van der Waals surface area (Å²) in [6.45, 7) is -1.77. The van der Waals surface area contributed by atoms with Gasteiger partial charge in [0.25, 0.3) is 0 Å². The fraction of sp³-hybridized carbons (Fsp3) is 0.600. The maximum Gasteiger partial charge on any atom is 0.367 e. The maximum atomic E-state index is 13.2. The smallest absolute Gasteiger partial charge is 0.367 e. The van der Waals surface area contributed by atoms with Crippen LogP contribution in [0.25, 0.3) is 0 Å². The third-order valence-corrected chi connectivity index (χ3v) is 9.27. The second kappa shape index (κ2) is 11.0. The van der Waals surface area contributed by atoms with Crippen LogP contribution in [0.15, 0.2) is 12.1 Å². The molecule has 0 aromatic heterocycles. The molecule has 0 bridgehead atoms. The van der Waals surface area contributed by atoms with Crippen LogP contribution >= 0.6 is 67.8 Å². The molecule has 1 aromatic carbocycles. The summed E-state index contributed by atoms with van der Waals surface area (Å²) >= 11 is 6.49. The zero-order valence-corrected chi connectivity index (χ0v) is 24.4. The largest absolute Gasteiger partial charge is 0.743 e. The van der Waals surface area contributed by atoms with Gasteiger partial charge in [0.15, 0.2) is 22.5 Å². The molecule has 2 saturated carbocycles. The number of alkyl halides is 2. The minimum absolute atomic E-state index is 0.141. The van der Waals surface area contributed by atoms with Crippen LogP contribution in [0, 0.1) is 34.4 Å².